The van der Waals surface area contributed by atoms with E-state index in [2.05, 4.69) is 54.9 Å². The highest BCUT2D eigenvalue weighted by Crippen LogP contribution is 2.26. The lowest BCUT2D eigenvalue weighted by atomic mass is 9.82. The first-order valence-corrected chi connectivity index (χ1v) is 7.19. The van der Waals surface area contributed by atoms with Gasteiger partial charge in [0.15, 0.2) is 5.96 Å². The molecule has 1 aliphatic heterocycles. The number of hydrogen-bond acceptors (Lipinski definition) is 2. The van der Waals surface area contributed by atoms with Gasteiger partial charge in [-0.25, -0.2) is 0 Å². The van der Waals surface area contributed by atoms with Crippen molar-refractivity contribution in [2.75, 3.05) is 32.8 Å². The van der Waals surface area contributed by atoms with Gasteiger partial charge in [-0.1, -0.05) is 38.1 Å². The lowest BCUT2D eigenvalue weighted by Crippen LogP contribution is -2.45. The predicted molar refractivity (Wildman–Crippen MR) is 98.5 cm³/mol. The van der Waals surface area contributed by atoms with Crippen LogP contribution in [0.25, 0.3) is 0 Å². The summed E-state index contributed by atoms with van der Waals surface area (Å²) in [6.45, 7) is 10.4. The van der Waals surface area contributed by atoms with Crippen LogP contribution >= 0.6 is 24.0 Å². The largest absolute Gasteiger partial charge is 0.378 e. The molecular formula is C16H26IN3O. The Balaban J connectivity index is 0.00000220. The van der Waals surface area contributed by atoms with E-state index in [0.29, 0.717) is 12.5 Å². The van der Waals surface area contributed by atoms with E-state index in [1.807, 2.05) is 0 Å². The molecule has 1 aromatic rings. The number of halogens is 1. The number of hydrogen-bond donors (Lipinski definition) is 1. The Bertz CT molecular complexity index is 482. The highest BCUT2D eigenvalue weighted by Gasteiger charge is 2.22. The molecule has 4 nitrogen and oxygen atoms in total. The van der Waals surface area contributed by atoms with Crippen molar-refractivity contribution in [1.82, 2.24) is 4.90 Å². The summed E-state index contributed by atoms with van der Waals surface area (Å²) in [5, 5.41) is 0. The van der Waals surface area contributed by atoms with E-state index >= 15 is 0 Å². The van der Waals surface area contributed by atoms with Crippen molar-refractivity contribution in [2.45, 2.75) is 26.2 Å². The van der Waals surface area contributed by atoms with Gasteiger partial charge >= 0.3 is 0 Å². The molecule has 0 amide bonds. The van der Waals surface area contributed by atoms with Crippen molar-refractivity contribution in [1.29, 1.82) is 0 Å². The maximum atomic E-state index is 6.09. The van der Waals surface area contributed by atoms with Gasteiger partial charge in [0.25, 0.3) is 0 Å². The number of aliphatic imine (C=N–C) groups is 1. The summed E-state index contributed by atoms with van der Waals surface area (Å²) in [7, 11) is 0. The van der Waals surface area contributed by atoms with Crippen LogP contribution < -0.4 is 5.73 Å². The molecular weight excluding hydrogens is 377 g/mol. The minimum atomic E-state index is -0.0117. The Kier molecular flexibility index (Phi) is 6.93. The Morgan fingerprint density at radius 3 is 2.52 bits per heavy atom. The molecule has 1 heterocycles. The summed E-state index contributed by atoms with van der Waals surface area (Å²) >= 11 is 0. The van der Waals surface area contributed by atoms with Crippen LogP contribution in [0.4, 0.5) is 0 Å². The molecule has 2 N–H and O–H groups in total. The lowest BCUT2D eigenvalue weighted by Gasteiger charge is -2.29. The van der Waals surface area contributed by atoms with Crippen molar-refractivity contribution in [2.24, 2.45) is 10.7 Å². The fourth-order valence-electron chi connectivity index (χ4n) is 2.59. The number of nitrogens with zero attached hydrogens (tertiary/aromatic N) is 2. The Morgan fingerprint density at radius 2 is 1.90 bits per heavy atom. The molecule has 0 saturated carbocycles. The Hall–Kier alpha value is -0.820. The molecule has 0 radical (unpaired) electrons. The van der Waals surface area contributed by atoms with Crippen molar-refractivity contribution in [3.63, 3.8) is 0 Å². The van der Waals surface area contributed by atoms with Crippen molar-refractivity contribution in [3.05, 3.63) is 35.4 Å². The van der Waals surface area contributed by atoms with Gasteiger partial charge in [0, 0.05) is 18.5 Å². The highest BCUT2D eigenvalue weighted by molar-refractivity contribution is 14.0. The molecule has 1 aliphatic rings. The zero-order valence-electron chi connectivity index (χ0n) is 13.1. The molecule has 0 aromatic heterocycles. The fraction of sp³-hybridized carbons (Fsp3) is 0.562. The summed E-state index contributed by atoms with van der Waals surface area (Å²) in [5.41, 5.74) is 8.72. The van der Waals surface area contributed by atoms with Crippen LogP contribution in [0.15, 0.2) is 29.3 Å². The molecule has 0 aliphatic carbocycles. The summed E-state index contributed by atoms with van der Waals surface area (Å²) in [4.78, 5) is 6.70. The molecule has 0 spiro atoms. The molecule has 2 rings (SSSR count). The summed E-state index contributed by atoms with van der Waals surface area (Å²) < 4.78 is 5.33. The number of guanidine groups is 1. The topological polar surface area (TPSA) is 50.8 Å². The zero-order valence-corrected chi connectivity index (χ0v) is 15.5. The van der Waals surface area contributed by atoms with Gasteiger partial charge in [0.1, 0.15) is 0 Å². The van der Waals surface area contributed by atoms with E-state index in [9.17, 15) is 0 Å². The molecule has 1 aromatic carbocycles. The number of rotatable bonds is 3. The molecule has 21 heavy (non-hydrogen) atoms. The zero-order chi connectivity index (χ0) is 14.6. The van der Waals surface area contributed by atoms with Crippen molar-refractivity contribution in [3.8, 4) is 0 Å². The number of morpholine rings is 1. The van der Waals surface area contributed by atoms with E-state index in [4.69, 9.17) is 10.5 Å². The molecule has 1 saturated heterocycles. The van der Waals surface area contributed by atoms with Crippen LogP contribution in [0, 0.1) is 6.92 Å². The van der Waals surface area contributed by atoms with Gasteiger partial charge in [-0.15, -0.1) is 24.0 Å². The van der Waals surface area contributed by atoms with Crippen LogP contribution in [0.5, 0.6) is 0 Å². The smallest absolute Gasteiger partial charge is 0.191 e. The fourth-order valence-corrected chi connectivity index (χ4v) is 2.59. The van der Waals surface area contributed by atoms with E-state index in [1.54, 1.807) is 0 Å². The highest BCUT2D eigenvalue weighted by atomic mass is 127. The second-order valence-electron chi connectivity index (χ2n) is 5.97. The van der Waals surface area contributed by atoms with Gasteiger partial charge in [0.2, 0.25) is 0 Å². The Labute approximate surface area is 144 Å². The second-order valence-corrected chi connectivity index (χ2v) is 5.97. The number of nitrogens with two attached hydrogens (primary N) is 1. The lowest BCUT2D eigenvalue weighted by molar-refractivity contribution is 0.0674. The SMILES string of the molecule is Cc1ccccc1C(C)(C)CN=C(N)N1CCOCC1.I. The van der Waals surface area contributed by atoms with E-state index in [0.717, 1.165) is 26.3 Å². The molecule has 5 heteroatoms. The minimum absolute atomic E-state index is 0. The first kappa shape index (κ1) is 18.2. The number of benzene rings is 1. The summed E-state index contributed by atoms with van der Waals surface area (Å²) in [6, 6.07) is 8.47. The maximum absolute atomic E-state index is 6.09. The predicted octanol–water partition coefficient (Wildman–Crippen LogP) is 2.54. The van der Waals surface area contributed by atoms with Crippen molar-refractivity contribution >= 4 is 29.9 Å². The van der Waals surface area contributed by atoms with Gasteiger partial charge in [-0.3, -0.25) is 4.99 Å². The standard InChI is InChI=1S/C16H25N3O.HI/c1-13-6-4-5-7-14(13)16(2,3)12-18-15(17)19-8-10-20-11-9-19;/h4-7H,8-12H2,1-3H3,(H2,17,18);1H. The third kappa shape index (κ3) is 4.85. The van der Waals surface area contributed by atoms with Crippen molar-refractivity contribution < 1.29 is 4.74 Å². The van der Waals surface area contributed by atoms with Gasteiger partial charge in [-0.05, 0) is 18.1 Å². The average molecular weight is 403 g/mol. The first-order valence-electron chi connectivity index (χ1n) is 7.19. The van der Waals surface area contributed by atoms with Crippen LogP contribution in [0.1, 0.15) is 25.0 Å². The molecule has 0 bridgehead atoms. The van der Waals surface area contributed by atoms with Crippen LogP contribution in [-0.4, -0.2) is 43.7 Å². The second kappa shape index (κ2) is 7.98. The third-order valence-corrected chi connectivity index (χ3v) is 3.85. The molecule has 1 fully saturated rings. The molecule has 0 atom stereocenters. The first-order chi connectivity index (χ1) is 9.50. The number of ether oxygens (including phenoxy) is 1. The van der Waals surface area contributed by atoms with E-state index in [-0.39, 0.29) is 29.4 Å². The minimum Gasteiger partial charge on any atom is -0.378 e. The number of aryl methyl sites for hydroxylation is 1. The quantitative estimate of drug-likeness (QED) is 0.480. The average Bonchev–Trinajstić information content (AvgIpc) is 2.46. The molecule has 0 unspecified atom stereocenters. The van der Waals surface area contributed by atoms with E-state index < -0.39 is 0 Å². The molecule has 118 valence electrons. The third-order valence-electron chi connectivity index (χ3n) is 3.85. The summed E-state index contributed by atoms with van der Waals surface area (Å²) in [6.07, 6.45) is 0. The van der Waals surface area contributed by atoms with Crippen LogP contribution in [0.3, 0.4) is 0 Å². The van der Waals surface area contributed by atoms with Gasteiger partial charge in [0.05, 0.1) is 19.8 Å². The van der Waals surface area contributed by atoms with Gasteiger partial charge in [-0.2, -0.15) is 0 Å². The normalized spacial score (nSPS) is 16.5. The Morgan fingerprint density at radius 1 is 1.29 bits per heavy atom. The monoisotopic (exact) mass is 403 g/mol. The van der Waals surface area contributed by atoms with E-state index in [1.165, 1.54) is 11.1 Å². The van der Waals surface area contributed by atoms with Gasteiger partial charge < -0.3 is 15.4 Å². The maximum Gasteiger partial charge on any atom is 0.191 e. The van der Waals surface area contributed by atoms with Crippen LogP contribution in [0.2, 0.25) is 0 Å². The summed E-state index contributed by atoms with van der Waals surface area (Å²) in [5.74, 6) is 0.634. The van der Waals surface area contributed by atoms with Crippen LogP contribution in [-0.2, 0) is 10.2 Å².